The Morgan fingerprint density at radius 1 is 0.185 bits per heavy atom. The van der Waals surface area contributed by atoms with Crippen LogP contribution in [0.5, 0.6) is 0 Å². The van der Waals surface area contributed by atoms with E-state index in [1.165, 1.54) is 115 Å². The van der Waals surface area contributed by atoms with Crippen LogP contribution in [0.1, 0.15) is 0 Å². The first-order valence-electron chi connectivity index (χ1n) is 30.9. The molecule has 0 aliphatic heterocycles. The highest BCUT2D eigenvalue weighted by Crippen LogP contribution is 2.51. The lowest BCUT2D eigenvalue weighted by atomic mass is 10.0. The smallest absolute Gasteiger partial charge is 0.0964 e. The van der Waals surface area contributed by atoms with Gasteiger partial charge in [0.2, 0.25) is 0 Å². The van der Waals surface area contributed by atoms with Gasteiger partial charge in [-0.1, -0.05) is 176 Å². The molecule has 0 N–H and O–H groups in total. The van der Waals surface area contributed by atoms with E-state index in [1.807, 2.05) is 60.9 Å². The number of nitrogens with zero attached hydrogens (tertiary/aromatic N) is 8. The minimum atomic E-state index is 0.911. The van der Waals surface area contributed by atoms with E-state index in [0.717, 1.165) is 73.5 Å². The largest absolute Gasteiger partial charge is 0.265 e. The van der Waals surface area contributed by atoms with Gasteiger partial charge in [0.25, 0.3) is 0 Å². The molecule has 0 saturated carbocycles. The normalized spacial score (nSPS) is 11.7. The van der Waals surface area contributed by atoms with Crippen molar-refractivity contribution in [2.24, 2.45) is 0 Å². The second-order valence-electron chi connectivity index (χ2n) is 23.3. The van der Waals surface area contributed by atoms with Crippen molar-refractivity contribution in [2.45, 2.75) is 0 Å². The number of fused-ring (bicyclic) bond motifs is 13. The van der Waals surface area contributed by atoms with Crippen LogP contribution in [0.4, 0.5) is 0 Å². The van der Waals surface area contributed by atoms with Gasteiger partial charge in [0, 0.05) is 98.2 Å². The number of pyridine rings is 8. The lowest BCUT2D eigenvalue weighted by Gasteiger charge is -2.08. The molecule has 0 bridgehead atoms. The Morgan fingerprint density at radius 2 is 0.598 bits per heavy atom. The van der Waals surface area contributed by atoms with Crippen molar-refractivity contribution in [2.75, 3.05) is 0 Å². The summed E-state index contributed by atoms with van der Waals surface area (Å²) in [7, 11) is 0. The molecule has 0 saturated heterocycles. The molecule has 4 aliphatic carbocycles. The average Bonchev–Trinajstić information content (AvgIpc) is 1.65. The van der Waals surface area contributed by atoms with Crippen LogP contribution in [0.3, 0.4) is 0 Å². The van der Waals surface area contributed by atoms with Crippen LogP contribution in [0.2, 0.25) is 0 Å². The van der Waals surface area contributed by atoms with Crippen LogP contribution >= 0.6 is 0 Å². The molecule has 9 aromatic carbocycles. The Hall–Kier alpha value is -12.5. The summed E-state index contributed by atoms with van der Waals surface area (Å²) in [5, 5.41) is 12.7. The van der Waals surface area contributed by atoms with Gasteiger partial charge in [-0.05, 0) is 162 Å². The predicted octanol–water partition coefficient (Wildman–Crippen LogP) is 20.9. The minimum Gasteiger partial charge on any atom is -0.265 e. The highest BCUT2D eigenvalue weighted by atomic mass is 14.8. The van der Waals surface area contributed by atoms with Crippen molar-refractivity contribution < 1.29 is 0 Å². The number of hydrogen-bond acceptors (Lipinski definition) is 8. The molecular formula is C84H50N8. The fraction of sp³-hybridized carbons (Fsp3) is 0. The summed E-state index contributed by atoms with van der Waals surface area (Å²) in [5.41, 5.74) is 27.0. The Balaban J connectivity index is 0.0000000909. The Kier molecular flexibility index (Phi) is 12.4. The second kappa shape index (κ2) is 21.7. The van der Waals surface area contributed by atoms with Crippen molar-refractivity contribution >= 4 is 53.9 Å². The fourth-order valence-corrected chi connectivity index (χ4v) is 14.0. The fourth-order valence-electron chi connectivity index (χ4n) is 14.0. The maximum Gasteiger partial charge on any atom is 0.0964 e. The summed E-state index contributed by atoms with van der Waals surface area (Å²) in [6.07, 6.45) is 10.9. The molecule has 426 valence electrons. The number of rotatable bonds is 4. The van der Waals surface area contributed by atoms with Crippen LogP contribution in [-0.2, 0) is 0 Å². The van der Waals surface area contributed by atoms with Crippen molar-refractivity contribution in [1.29, 1.82) is 0 Å². The lowest BCUT2D eigenvalue weighted by Crippen LogP contribution is -1.91. The van der Waals surface area contributed by atoms with Crippen molar-refractivity contribution in [3.63, 3.8) is 0 Å². The summed E-state index contributed by atoms with van der Waals surface area (Å²) < 4.78 is 0. The van der Waals surface area contributed by atoms with Gasteiger partial charge < -0.3 is 0 Å². The summed E-state index contributed by atoms with van der Waals surface area (Å²) in [6.45, 7) is 0. The second-order valence-corrected chi connectivity index (χ2v) is 23.3. The van der Waals surface area contributed by atoms with Gasteiger partial charge in [0.05, 0.1) is 56.9 Å². The topological polar surface area (TPSA) is 103 Å². The molecule has 0 spiro atoms. The molecule has 0 atom stereocenters. The molecule has 4 aliphatic rings. The van der Waals surface area contributed by atoms with E-state index in [9.17, 15) is 0 Å². The summed E-state index contributed by atoms with van der Waals surface area (Å²) in [4.78, 5) is 37.1. The highest BCUT2D eigenvalue weighted by Gasteiger charge is 2.27. The molecule has 0 unspecified atom stereocenters. The molecular weight excluding hydrogens is 1120 g/mol. The van der Waals surface area contributed by atoms with E-state index in [1.54, 1.807) is 24.8 Å². The third kappa shape index (κ3) is 8.68. The molecule has 8 aromatic heterocycles. The zero-order valence-corrected chi connectivity index (χ0v) is 49.4. The van der Waals surface area contributed by atoms with Gasteiger partial charge in [-0.3, -0.25) is 19.9 Å². The van der Waals surface area contributed by atoms with Gasteiger partial charge in [-0.2, -0.15) is 0 Å². The van der Waals surface area contributed by atoms with Crippen molar-refractivity contribution in [3.8, 4) is 135 Å². The SMILES string of the molecule is c1cc2c3c(cccc3c1)-c1nc(-c3ccncc3)ccc1-2.c1ccc(-c2ccc3c(n2)-c2cccc4cccc-3c24)nc1.c1ccc2c(-c3ccc4c(n3)-c3cccc5cccc-4c35)nccc2c1.c1cncc(-c2ccc3c(n2)-c2cccc4cccc-3c24)c1. The van der Waals surface area contributed by atoms with Gasteiger partial charge >= 0.3 is 0 Å². The minimum absolute atomic E-state index is 0.911. The third-order valence-corrected chi connectivity index (χ3v) is 18.2. The maximum atomic E-state index is 5.05. The van der Waals surface area contributed by atoms with Gasteiger partial charge in [0.15, 0.2) is 0 Å². The molecule has 17 aromatic rings. The first-order valence-corrected chi connectivity index (χ1v) is 30.9. The number of aromatic nitrogens is 8. The monoisotopic (exact) mass is 1170 g/mol. The molecule has 0 radical (unpaired) electrons. The zero-order chi connectivity index (χ0) is 60.6. The average molecular weight is 1170 g/mol. The molecule has 8 nitrogen and oxygen atoms in total. The molecule has 0 fully saturated rings. The molecule has 21 rings (SSSR count). The van der Waals surface area contributed by atoms with Gasteiger partial charge in [0.1, 0.15) is 0 Å². The molecule has 92 heavy (non-hydrogen) atoms. The summed E-state index contributed by atoms with van der Waals surface area (Å²) in [6, 6.07) is 93.0. The zero-order valence-electron chi connectivity index (χ0n) is 49.4. The van der Waals surface area contributed by atoms with E-state index in [4.69, 9.17) is 19.9 Å². The van der Waals surface area contributed by atoms with Crippen LogP contribution in [0.15, 0.2) is 304 Å². The Labute approximate surface area is 529 Å². The van der Waals surface area contributed by atoms with E-state index >= 15 is 0 Å². The molecule has 0 amide bonds. The Bertz CT molecular complexity index is 5400. The third-order valence-electron chi connectivity index (χ3n) is 18.2. The first kappa shape index (κ1) is 52.6. The van der Waals surface area contributed by atoms with Crippen LogP contribution in [-0.4, -0.2) is 39.9 Å². The van der Waals surface area contributed by atoms with E-state index in [0.29, 0.717) is 0 Å². The van der Waals surface area contributed by atoms with Crippen LogP contribution in [0, 0.1) is 0 Å². The van der Waals surface area contributed by atoms with E-state index in [-0.39, 0.29) is 0 Å². The first-order chi connectivity index (χ1) is 45.6. The summed E-state index contributed by atoms with van der Waals surface area (Å²) in [5.74, 6) is 0. The lowest BCUT2D eigenvalue weighted by molar-refractivity contribution is 1.26. The predicted molar refractivity (Wildman–Crippen MR) is 375 cm³/mol. The van der Waals surface area contributed by atoms with Crippen LogP contribution < -0.4 is 0 Å². The molecule has 8 heterocycles. The Morgan fingerprint density at radius 3 is 1.07 bits per heavy atom. The van der Waals surface area contributed by atoms with Gasteiger partial charge in [-0.25, -0.2) is 19.9 Å². The molecule has 8 heteroatoms. The summed E-state index contributed by atoms with van der Waals surface area (Å²) >= 11 is 0. The highest BCUT2D eigenvalue weighted by molar-refractivity contribution is 6.18. The maximum absolute atomic E-state index is 5.05. The van der Waals surface area contributed by atoms with Crippen molar-refractivity contribution in [3.05, 3.63) is 304 Å². The van der Waals surface area contributed by atoms with E-state index in [2.05, 4.69) is 238 Å². The van der Waals surface area contributed by atoms with Gasteiger partial charge in [-0.15, -0.1) is 0 Å². The van der Waals surface area contributed by atoms with Crippen LogP contribution in [0.25, 0.3) is 189 Å². The number of benzene rings is 9. The standard InChI is InChI=1S/C24H14N2.3C20H12N2/c1-2-8-17-15(5-1)13-14-25-24(17)21-12-11-19-18-9-3-6-16-7-4-10-20(22(16)18)23(19)26-21;1-4-13-5-2-8-17-19(13)15(7-1)16-9-10-18(22-20(16)17)14-6-3-11-21-12-14;1-3-14-4-2-6-17-19(14)15(5-1)16-7-8-18(22-20(16)17)13-9-11-21-12-10-13;1-2-12-21-17(9-1)18-11-10-15-14-7-3-5-13-6-4-8-16(19(13)14)20(15)22-18/h1-14H;3*1-12H. The number of hydrogen-bond donors (Lipinski definition) is 0. The van der Waals surface area contributed by atoms with E-state index < -0.39 is 0 Å². The quantitative estimate of drug-likeness (QED) is 0.172. The van der Waals surface area contributed by atoms with Crippen molar-refractivity contribution in [1.82, 2.24) is 39.9 Å².